The third-order valence-electron chi connectivity index (χ3n) is 7.04. The number of hydrogen-bond acceptors (Lipinski definition) is 5. The first-order valence-corrected chi connectivity index (χ1v) is 14.2. The Labute approximate surface area is 227 Å². The third kappa shape index (κ3) is 5.27. The number of ether oxygens (including phenoxy) is 1. The van der Waals surface area contributed by atoms with Gasteiger partial charge in [0.25, 0.3) is 5.91 Å². The lowest BCUT2D eigenvalue weighted by Crippen LogP contribution is -2.43. The first-order chi connectivity index (χ1) is 18.3. The van der Waals surface area contributed by atoms with E-state index >= 15 is 0 Å². The number of sulfonamides is 1. The number of rotatable bonds is 6. The molecule has 5 rings (SSSR count). The number of nitrogens with one attached hydrogen (secondary N) is 1. The smallest absolute Gasteiger partial charge is 0.258 e. The van der Waals surface area contributed by atoms with Gasteiger partial charge in [-0.25, -0.2) is 8.42 Å². The Balaban J connectivity index is 1.28. The third-order valence-corrected chi connectivity index (χ3v) is 9.17. The molecule has 10 heteroatoms. The molecule has 3 aromatic carbocycles. The van der Waals surface area contributed by atoms with E-state index in [1.165, 1.54) is 16.4 Å². The second-order valence-corrected chi connectivity index (χ2v) is 11.8. The first kappa shape index (κ1) is 26.2. The Kier molecular flexibility index (Phi) is 7.43. The molecule has 0 unspecified atom stereocenters. The molecule has 2 amide bonds. The van der Waals surface area contributed by atoms with Crippen LogP contribution in [0.3, 0.4) is 0 Å². The van der Waals surface area contributed by atoms with Crippen LogP contribution in [0.25, 0.3) is 0 Å². The van der Waals surface area contributed by atoms with Gasteiger partial charge in [-0.3, -0.25) is 9.59 Å². The van der Waals surface area contributed by atoms with Crippen molar-refractivity contribution in [2.45, 2.75) is 24.2 Å². The van der Waals surface area contributed by atoms with Crippen LogP contribution >= 0.6 is 11.6 Å². The summed E-state index contributed by atoms with van der Waals surface area (Å²) in [6, 6.07) is 18.6. The number of nitrogens with zero attached hydrogens (tertiary/aromatic N) is 2. The molecule has 2 aliphatic heterocycles. The van der Waals surface area contributed by atoms with Gasteiger partial charge in [0.1, 0.15) is 5.75 Å². The summed E-state index contributed by atoms with van der Waals surface area (Å²) >= 11 is 5.91. The molecule has 0 bridgehead atoms. The molecule has 2 heterocycles. The van der Waals surface area contributed by atoms with Gasteiger partial charge < -0.3 is 15.0 Å². The van der Waals surface area contributed by atoms with Crippen molar-refractivity contribution in [3.05, 3.63) is 82.9 Å². The molecular formula is C28H28ClN3O5S. The van der Waals surface area contributed by atoms with E-state index in [9.17, 15) is 18.0 Å². The molecule has 1 saturated heterocycles. The minimum atomic E-state index is -3.73. The summed E-state index contributed by atoms with van der Waals surface area (Å²) in [6.45, 7) is 1.01. The van der Waals surface area contributed by atoms with E-state index in [4.69, 9.17) is 16.3 Å². The summed E-state index contributed by atoms with van der Waals surface area (Å²) in [6.07, 6.45) is 1.90. The Morgan fingerprint density at radius 2 is 1.74 bits per heavy atom. The monoisotopic (exact) mass is 553 g/mol. The zero-order valence-electron chi connectivity index (χ0n) is 20.9. The van der Waals surface area contributed by atoms with Crippen molar-refractivity contribution >= 4 is 44.8 Å². The summed E-state index contributed by atoms with van der Waals surface area (Å²) in [5, 5.41) is 3.40. The molecule has 198 valence electrons. The van der Waals surface area contributed by atoms with Gasteiger partial charge in [-0.15, -0.1) is 0 Å². The minimum Gasteiger partial charge on any atom is -0.497 e. The molecule has 0 spiro atoms. The van der Waals surface area contributed by atoms with Gasteiger partial charge in [0, 0.05) is 41.6 Å². The van der Waals surface area contributed by atoms with Gasteiger partial charge in [-0.05, 0) is 85.5 Å². The normalized spacial score (nSPS) is 17.6. The maximum Gasteiger partial charge on any atom is 0.258 e. The molecule has 0 aromatic heterocycles. The lowest BCUT2D eigenvalue weighted by molar-refractivity contribution is -0.120. The summed E-state index contributed by atoms with van der Waals surface area (Å²) in [5.74, 6) is -0.177. The molecule has 1 atom stereocenters. The summed E-state index contributed by atoms with van der Waals surface area (Å²) < 4.78 is 32.8. The zero-order valence-corrected chi connectivity index (χ0v) is 22.5. The SMILES string of the molecule is COc1ccc(C(=O)N2CCc3ccc(NC(=O)[C@H]4CCCN(S(=O)(=O)c5ccc(Cl)cc5)C4)cc32)cc1. The van der Waals surface area contributed by atoms with Crippen LogP contribution < -0.4 is 15.0 Å². The highest BCUT2D eigenvalue weighted by Gasteiger charge is 2.34. The number of carbonyl (C=O) groups excluding carboxylic acids is 2. The van der Waals surface area contributed by atoms with Crippen molar-refractivity contribution in [2.75, 3.05) is 37.0 Å². The maximum absolute atomic E-state index is 13.2. The molecule has 3 aromatic rings. The number of hydrogen-bond donors (Lipinski definition) is 1. The average molecular weight is 554 g/mol. The minimum absolute atomic E-state index is 0.101. The van der Waals surface area contributed by atoms with E-state index in [0.717, 1.165) is 17.7 Å². The quantitative estimate of drug-likeness (QED) is 0.481. The summed E-state index contributed by atoms with van der Waals surface area (Å²) in [4.78, 5) is 28.2. The van der Waals surface area contributed by atoms with E-state index in [1.807, 2.05) is 18.2 Å². The number of fused-ring (bicyclic) bond motifs is 1. The van der Waals surface area contributed by atoms with Crippen LogP contribution in [0.4, 0.5) is 11.4 Å². The Morgan fingerprint density at radius 3 is 2.45 bits per heavy atom. The zero-order chi connectivity index (χ0) is 26.9. The number of methoxy groups -OCH3 is 1. The van der Waals surface area contributed by atoms with E-state index in [1.54, 1.807) is 48.4 Å². The van der Waals surface area contributed by atoms with Crippen molar-refractivity contribution in [1.29, 1.82) is 0 Å². The van der Waals surface area contributed by atoms with Crippen molar-refractivity contribution in [3.63, 3.8) is 0 Å². The number of amides is 2. The molecule has 2 aliphatic rings. The number of halogens is 1. The van der Waals surface area contributed by atoms with Gasteiger partial charge in [-0.1, -0.05) is 17.7 Å². The summed E-state index contributed by atoms with van der Waals surface area (Å²) in [7, 11) is -2.15. The molecule has 0 saturated carbocycles. The summed E-state index contributed by atoms with van der Waals surface area (Å²) in [5.41, 5.74) is 2.92. The van der Waals surface area contributed by atoms with E-state index in [0.29, 0.717) is 48.0 Å². The van der Waals surface area contributed by atoms with Crippen molar-refractivity contribution < 1.29 is 22.7 Å². The van der Waals surface area contributed by atoms with Crippen LogP contribution in [-0.2, 0) is 21.2 Å². The molecule has 1 N–H and O–H groups in total. The van der Waals surface area contributed by atoms with Crippen molar-refractivity contribution in [2.24, 2.45) is 5.92 Å². The topological polar surface area (TPSA) is 96.0 Å². The van der Waals surface area contributed by atoms with Crippen molar-refractivity contribution in [1.82, 2.24) is 4.31 Å². The highest BCUT2D eigenvalue weighted by Crippen LogP contribution is 2.33. The molecule has 38 heavy (non-hydrogen) atoms. The lowest BCUT2D eigenvalue weighted by atomic mass is 9.98. The van der Waals surface area contributed by atoms with Crippen molar-refractivity contribution in [3.8, 4) is 5.75 Å². The lowest BCUT2D eigenvalue weighted by Gasteiger charge is -2.31. The van der Waals surface area contributed by atoms with Gasteiger partial charge >= 0.3 is 0 Å². The highest BCUT2D eigenvalue weighted by molar-refractivity contribution is 7.89. The van der Waals surface area contributed by atoms with Crippen LogP contribution in [0.15, 0.2) is 71.6 Å². The molecule has 8 nitrogen and oxygen atoms in total. The van der Waals surface area contributed by atoms with Gasteiger partial charge in [-0.2, -0.15) is 4.31 Å². The average Bonchev–Trinajstić information content (AvgIpc) is 3.36. The maximum atomic E-state index is 13.2. The van der Waals surface area contributed by atoms with Crippen LogP contribution in [0, 0.1) is 5.92 Å². The number of piperidine rings is 1. The molecule has 0 aliphatic carbocycles. The standard InChI is InChI=1S/C28H28ClN3O5S/c1-37-24-10-5-20(6-11-24)28(34)32-16-14-19-4-9-23(17-26(19)32)30-27(33)21-3-2-15-31(18-21)38(35,36)25-12-7-22(29)8-13-25/h4-13,17,21H,2-3,14-16,18H2,1H3,(H,30,33)/t21-/m0/s1. The van der Waals surface area contributed by atoms with Crippen LogP contribution in [0.5, 0.6) is 5.75 Å². The highest BCUT2D eigenvalue weighted by atomic mass is 35.5. The fraction of sp³-hybridized carbons (Fsp3) is 0.286. The van der Waals surface area contributed by atoms with E-state index < -0.39 is 15.9 Å². The Bertz CT molecular complexity index is 1460. The molecule has 1 fully saturated rings. The fourth-order valence-corrected chi connectivity index (χ4v) is 6.58. The van der Waals surface area contributed by atoms with Crippen LogP contribution in [0.1, 0.15) is 28.8 Å². The molecule has 0 radical (unpaired) electrons. The van der Waals surface area contributed by atoms with Crippen LogP contribution in [0.2, 0.25) is 5.02 Å². The fourth-order valence-electron chi connectivity index (χ4n) is 4.93. The van der Waals surface area contributed by atoms with Crippen LogP contribution in [-0.4, -0.2) is 51.3 Å². The van der Waals surface area contributed by atoms with E-state index in [-0.39, 0.29) is 23.3 Å². The number of benzene rings is 3. The second kappa shape index (κ2) is 10.8. The predicted octanol–water partition coefficient (Wildman–Crippen LogP) is 4.59. The largest absolute Gasteiger partial charge is 0.497 e. The van der Waals surface area contributed by atoms with E-state index in [2.05, 4.69) is 5.32 Å². The number of carbonyl (C=O) groups is 2. The van der Waals surface area contributed by atoms with Gasteiger partial charge in [0.05, 0.1) is 17.9 Å². The predicted molar refractivity (Wildman–Crippen MR) is 146 cm³/mol. The Morgan fingerprint density at radius 1 is 1.00 bits per heavy atom. The molecular weight excluding hydrogens is 526 g/mol. The first-order valence-electron chi connectivity index (χ1n) is 12.4. The second-order valence-electron chi connectivity index (χ2n) is 9.42. The van der Waals surface area contributed by atoms with Gasteiger partial charge in [0.2, 0.25) is 15.9 Å². The van der Waals surface area contributed by atoms with Gasteiger partial charge in [0.15, 0.2) is 0 Å². The Hall–Kier alpha value is -3.40. The number of anilines is 2.